The van der Waals surface area contributed by atoms with Crippen LogP contribution in [0.5, 0.6) is 0 Å². The van der Waals surface area contributed by atoms with Crippen LogP contribution < -0.4 is 0 Å². The highest BCUT2D eigenvalue weighted by Gasteiger charge is 2.20. The molecule has 19 heavy (non-hydrogen) atoms. The molecule has 0 aromatic heterocycles. The van der Waals surface area contributed by atoms with Crippen molar-refractivity contribution in [2.75, 3.05) is 0 Å². The Morgan fingerprint density at radius 3 is 2.42 bits per heavy atom. The van der Waals surface area contributed by atoms with Crippen molar-refractivity contribution >= 4 is 17.1 Å². The summed E-state index contributed by atoms with van der Waals surface area (Å²) in [5, 5.41) is 0. The fraction of sp³-hybridized carbons (Fsp3) is 0.412. The quantitative estimate of drug-likeness (QED) is 0.770. The third-order valence-electron chi connectivity index (χ3n) is 3.82. The molecule has 0 amide bonds. The summed E-state index contributed by atoms with van der Waals surface area (Å²) in [7, 11) is 0. The van der Waals surface area contributed by atoms with Crippen LogP contribution in [-0.4, -0.2) is 11.6 Å². The first kappa shape index (κ1) is 13.7. The van der Waals surface area contributed by atoms with E-state index in [4.69, 9.17) is 0 Å². The molecule has 1 aromatic rings. The summed E-state index contributed by atoms with van der Waals surface area (Å²) in [5.41, 5.74) is 4.94. The van der Waals surface area contributed by atoms with Gasteiger partial charge >= 0.3 is 0 Å². The van der Waals surface area contributed by atoms with Crippen molar-refractivity contribution < 1.29 is 9.59 Å². The third-order valence-corrected chi connectivity index (χ3v) is 3.82. The van der Waals surface area contributed by atoms with Gasteiger partial charge in [-0.3, -0.25) is 9.59 Å². The van der Waals surface area contributed by atoms with Crippen LogP contribution in [0.2, 0.25) is 0 Å². The van der Waals surface area contributed by atoms with Crippen molar-refractivity contribution in [3.63, 3.8) is 0 Å². The highest BCUT2D eigenvalue weighted by Crippen LogP contribution is 2.29. The average molecular weight is 256 g/mol. The molecule has 0 N–H and O–H groups in total. The molecule has 2 heteroatoms. The largest absolute Gasteiger partial charge is 0.295 e. The van der Waals surface area contributed by atoms with Crippen LogP contribution in [0, 0.1) is 5.92 Å². The predicted molar refractivity (Wildman–Crippen MR) is 77.2 cm³/mol. The lowest BCUT2D eigenvalue weighted by Gasteiger charge is -2.14. The molecule has 0 atom stereocenters. The second-order valence-corrected chi connectivity index (χ2v) is 5.54. The lowest BCUT2D eigenvalue weighted by molar-refractivity contribution is -0.113. The molecule has 0 saturated heterocycles. The smallest absolute Gasteiger partial charge is 0.163 e. The molecule has 1 aromatic carbocycles. The Kier molecular flexibility index (Phi) is 3.70. The lowest BCUT2D eigenvalue weighted by Crippen LogP contribution is -2.07. The summed E-state index contributed by atoms with van der Waals surface area (Å²) in [4.78, 5) is 23.4. The van der Waals surface area contributed by atoms with Gasteiger partial charge in [0.1, 0.15) is 0 Å². The first-order chi connectivity index (χ1) is 8.91. The van der Waals surface area contributed by atoms with E-state index in [0.717, 1.165) is 34.3 Å². The minimum atomic E-state index is 0.129. The number of carbonyl (C=O) groups excluding carboxylic acids is 2. The number of Topliss-reactive ketones (excluding diaryl/α,β-unsaturated/α-hetero) is 2. The third kappa shape index (κ3) is 2.53. The first-order valence-corrected chi connectivity index (χ1v) is 6.80. The van der Waals surface area contributed by atoms with E-state index < -0.39 is 0 Å². The molecule has 0 radical (unpaired) electrons. The number of allylic oxidation sites excluding steroid dienone is 2. The van der Waals surface area contributed by atoms with Crippen molar-refractivity contribution in [2.24, 2.45) is 5.92 Å². The van der Waals surface area contributed by atoms with Gasteiger partial charge in [0, 0.05) is 17.6 Å². The molecule has 2 nitrogen and oxygen atoms in total. The van der Waals surface area contributed by atoms with E-state index in [0.29, 0.717) is 6.42 Å². The fourth-order valence-electron chi connectivity index (χ4n) is 2.95. The Balaban J connectivity index is 2.50. The molecule has 0 saturated carbocycles. The van der Waals surface area contributed by atoms with Crippen LogP contribution in [0.25, 0.3) is 5.57 Å². The number of aryl methyl sites for hydroxylation is 1. The molecule has 0 unspecified atom stereocenters. The zero-order chi connectivity index (χ0) is 14.2. The van der Waals surface area contributed by atoms with E-state index >= 15 is 0 Å². The zero-order valence-corrected chi connectivity index (χ0v) is 12.0. The summed E-state index contributed by atoms with van der Waals surface area (Å²) in [6.07, 6.45) is 1.44. The molecule has 0 aliphatic heterocycles. The highest BCUT2D eigenvalue weighted by atomic mass is 16.1. The summed E-state index contributed by atoms with van der Waals surface area (Å²) in [5.74, 6) is 0.579. The summed E-state index contributed by atoms with van der Waals surface area (Å²) < 4.78 is 0. The van der Waals surface area contributed by atoms with Crippen molar-refractivity contribution in [1.29, 1.82) is 0 Å². The number of hydrogen-bond acceptors (Lipinski definition) is 2. The van der Waals surface area contributed by atoms with E-state index in [1.807, 2.05) is 32.9 Å². The van der Waals surface area contributed by atoms with Gasteiger partial charge in [0.2, 0.25) is 0 Å². The minimum Gasteiger partial charge on any atom is -0.295 e. The first-order valence-electron chi connectivity index (χ1n) is 6.80. The van der Waals surface area contributed by atoms with Gasteiger partial charge < -0.3 is 0 Å². The summed E-state index contributed by atoms with van der Waals surface area (Å²) in [6.45, 7) is 7.69. The van der Waals surface area contributed by atoms with Crippen LogP contribution >= 0.6 is 0 Å². The second kappa shape index (κ2) is 5.12. The summed E-state index contributed by atoms with van der Waals surface area (Å²) >= 11 is 0. The maximum Gasteiger partial charge on any atom is 0.163 e. The van der Waals surface area contributed by atoms with Crippen LogP contribution in [0.1, 0.15) is 55.6 Å². The number of rotatable bonds is 3. The maximum atomic E-state index is 11.8. The predicted octanol–water partition coefficient (Wildman–Crippen LogP) is 3.83. The van der Waals surface area contributed by atoms with E-state index in [2.05, 4.69) is 6.07 Å². The molecule has 0 bridgehead atoms. The Labute approximate surface area is 114 Å². The molecule has 0 fully saturated rings. The highest BCUT2D eigenvalue weighted by molar-refractivity contribution is 6.03. The van der Waals surface area contributed by atoms with E-state index in [1.165, 1.54) is 0 Å². The Bertz CT molecular complexity index is 577. The van der Waals surface area contributed by atoms with E-state index in [9.17, 15) is 9.59 Å². The zero-order valence-electron chi connectivity index (χ0n) is 12.0. The second-order valence-electron chi connectivity index (χ2n) is 5.54. The Hall–Kier alpha value is -1.70. The van der Waals surface area contributed by atoms with E-state index in [-0.39, 0.29) is 17.5 Å². The van der Waals surface area contributed by atoms with Gasteiger partial charge in [-0.15, -0.1) is 0 Å². The average Bonchev–Trinajstić information content (AvgIpc) is 2.69. The van der Waals surface area contributed by atoms with Crippen molar-refractivity contribution in [3.05, 3.63) is 40.5 Å². The maximum absolute atomic E-state index is 11.8. The minimum absolute atomic E-state index is 0.129. The molecule has 0 heterocycles. The SMILES string of the molecule is CC(=O)C(=C(C)c1ccc2c(c1)CCC2=O)C(C)C. The number of hydrogen-bond donors (Lipinski definition) is 0. The normalized spacial score (nSPS) is 15.5. The van der Waals surface area contributed by atoms with Crippen molar-refractivity contribution in [1.82, 2.24) is 0 Å². The number of ketones is 2. The lowest BCUT2D eigenvalue weighted by atomic mass is 9.90. The topological polar surface area (TPSA) is 34.1 Å². The molecule has 1 aliphatic rings. The summed E-state index contributed by atoms with van der Waals surface area (Å²) in [6, 6.07) is 5.94. The molecular weight excluding hydrogens is 236 g/mol. The van der Waals surface area contributed by atoms with Gasteiger partial charge in [0.25, 0.3) is 0 Å². The van der Waals surface area contributed by atoms with Crippen LogP contribution in [0.4, 0.5) is 0 Å². The number of fused-ring (bicyclic) bond motifs is 1. The van der Waals surface area contributed by atoms with Crippen LogP contribution in [0.3, 0.4) is 0 Å². The van der Waals surface area contributed by atoms with Gasteiger partial charge in [0.15, 0.2) is 11.6 Å². The monoisotopic (exact) mass is 256 g/mol. The van der Waals surface area contributed by atoms with Gasteiger partial charge in [-0.05, 0) is 42.9 Å². The molecule has 1 aliphatic carbocycles. The molecule has 0 spiro atoms. The standard InChI is InChI=1S/C17H20O2/c1-10(2)17(12(4)18)11(3)13-5-7-15-14(9-13)6-8-16(15)19/h5,7,9-10H,6,8H2,1-4H3. The van der Waals surface area contributed by atoms with Crippen LogP contribution in [-0.2, 0) is 11.2 Å². The van der Waals surface area contributed by atoms with Crippen LogP contribution in [0.15, 0.2) is 23.8 Å². The Morgan fingerprint density at radius 1 is 1.16 bits per heavy atom. The van der Waals surface area contributed by atoms with Gasteiger partial charge in [-0.1, -0.05) is 32.0 Å². The van der Waals surface area contributed by atoms with E-state index in [1.54, 1.807) is 6.92 Å². The molecule has 2 rings (SSSR count). The Morgan fingerprint density at radius 2 is 1.84 bits per heavy atom. The molecular formula is C17H20O2. The number of carbonyl (C=O) groups is 2. The van der Waals surface area contributed by atoms with Crippen molar-refractivity contribution in [2.45, 2.75) is 40.5 Å². The fourth-order valence-corrected chi connectivity index (χ4v) is 2.95. The van der Waals surface area contributed by atoms with Crippen molar-refractivity contribution in [3.8, 4) is 0 Å². The molecule has 100 valence electrons. The number of benzene rings is 1. The van der Waals surface area contributed by atoms with Gasteiger partial charge in [-0.2, -0.15) is 0 Å². The van der Waals surface area contributed by atoms with Gasteiger partial charge in [0.05, 0.1) is 0 Å². The van der Waals surface area contributed by atoms with Gasteiger partial charge in [-0.25, -0.2) is 0 Å².